The molecule has 0 aliphatic heterocycles. The summed E-state index contributed by atoms with van der Waals surface area (Å²) in [6, 6.07) is 46.2. The Kier molecular flexibility index (Phi) is 12.6. The van der Waals surface area contributed by atoms with Crippen molar-refractivity contribution in [3.8, 4) is 23.0 Å². The van der Waals surface area contributed by atoms with Crippen molar-refractivity contribution in [2.75, 3.05) is 0 Å². The molecular formula is C51H48O8. The van der Waals surface area contributed by atoms with E-state index in [0.29, 0.717) is 58.1 Å². The van der Waals surface area contributed by atoms with E-state index in [9.17, 15) is 19.2 Å². The van der Waals surface area contributed by atoms with Gasteiger partial charge in [-0.15, -0.1) is 0 Å². The van der Waals surface area contributed by atoms with Crippen molar-refractivity contribution in [2.24, 2.45) is 0 Å². The van der Waals surface area contributed by atoms with Crippen molar-refractivity contribution in [1.82, 2.24) is 0 Å². The van der Waals surface area contributed by atoms with Crippen LogP contribution in [-0.4, -0.2) is 34.7 Å². The van der Waals surface area contributed by atoms with Gasteiger partial charge in [0.25, 0.3) is 0 Å². The molecule has 300 valence electrons. The Balaban J connectivity index is 1.05. The number of benzene rings is 6. The van der Waals surface area contributed by atoms with Gasteiger partial charge in [0, 0.05) is 27.7 Å². The third-order valence-electron chi connectivity index (χ3n) is 10.8. The van der Waals surface area contributed by atoms with Crippen LogP contribution in [0.25, 0.3) is 0 Å². The zero-order chi connectivity index (χ0) is 42.2. The number of rotatable bonds is 16. The van der Waals surface area contributed by atoms with Gasteiger partial charge in [0.1, 0.15) is 23.0 Å². The van der Waals surface area contributed by atoms with Gasteiger partial charge in [-0.25, -0.2) is 9.59 Å². The number of carbonyl (C=O) groups is 4. The molecule has 6 aromatic rings. The summed E-state index contributed by atoms with van der Waals surface area (Å²) in [5.41, 5.74) is 1.21. The summed E-state index contributed by atoms with van der Waals surface area (Å²) in [5.74, 6) is 0.351. The number of hydrogen-bond acceptors (Lipinski definition) is 8. The highest BCUT2D eigenvalue weighted by atomic mass is 16.6. The molecule has 59 heavy (non-hydrogen) atoms. The second-order valence-electron chi connectivity index (χ2n) is 15.3. The van der Waals surface area contributed by atoms with Crippen molar-refractivity contribution >= 4 is 23.5 Å². The summed E-state index contributed by atoms with van der Waals surface area (Å²) >= 11 is 0. The molecule has 8 nitrogen and oxygen atoms in total. The largest absolute Gasteiger partial charge is 0.476 e. The molecule has 0 saturated carbocycles. The molecule has 0 radical (unpaired) electrons. The van der Waals surface area contributed by atoms with Gasteiger partial charge >= 0.3 is 11.9 Å². The number of hydrogen-bond donors (Lipinski definition) is 0. The first kappa shape index (κ1) is 41.8. The number of ketones is 2. The summed E-state index contributed by atoms with van der Waals surface area (Å²) in [4.78, 5) is 52.4. The molecule has 0 saturated heterocycles. The highest BCUT2D eigenvalue weighted by Crippen LogP contribution is 2.35. The molecule has 6 rings (SSSR count). The molecule has 0 fully saturated rings. The maximum Gasteiger partial charge on any atom is 0.355 e. The van der Waals surface area contributed by atoms with E-state index in [1.807, 2.05) is 86.6 Å². The predicted octanol–water partition coefficient (Wildman–Crippen LogP) is 10.8. The summed E-state index contributed by atoms with van der Waals surface area (Å²) in [7, 11) is 0. The van der Waals surface area contributed by atoms with Crippen molar-refractivity contribution in [3.05, 3.63) is 191 Å². The maximum absolute atomic E-state index is 13.4. The van der Waals surface area contributed by atoms with Crippen LogP contribution in [0, 0.1) is 0 Å². The van der Waals surface area contributed by atoms with Crippen molar-refractivity contribution < 1.29 is 38.1 Å². The van der Waals surface area contributed by atoms with E-state index in [4.69, 9.17) is 18.9 Å². The lowest BCUT2D eigenvalue weighted by molar-refractivity contribution is -0.151. The molecule has 0 amide bonds. The molecule has 0 aromatic heterocycles. The Morgan fingerprint density at radius 2 is 0.678 bits per heavy atom. The lowest BCUT2D eigenvalue weighted by Gasteiger charge is -2.29. The summed E-state index contributed by atoms with van der Waals surface area (Å²) in [6.07, 6.45) is 0.709. The molecule has 6 aromatic carbocycles. The third-order valence-corrected chi connectivity index (χ3v) is 10.8. The normalized spacial score (nSPS) is 13.3. The summed E-state index contributed by atoms with van der Waals surface area (Å²) < 4.78 is 23.9. The lowest BCUT2D eigenvalue weighted by atomic mass is 9.78. The number of ether oxygens (including phenoxy) is 4. The van der Waals surface area contributed by atoms with Crippen LogP contribution in [0.15, 0.2) is 158 Å². The van der Waals surface area contributed by atoms with Gasteiger partial charge in [0.05, 0.1) is 0 Å². The molecule has 0 N–H and O–H groups in total. The van der Waals surface area contributed by atoms with E-state index in [1.165, 1.54) is 0 Å². The Labute approximate surface area is 345 Å². The van der Waals surface area contributed by atoms with Gasteiger partial charge in [-0.1, -0.05) is 113 Å². The second kappa shape index (κ2) is 17.8. The smallest absolute Gasteiger partial charge is 0.355 e. The minimum absolute atomic E-state index is 0.0958. The van der Waals surface area contributed by atoms with E-state index in [0.717, 1.165) is 11.1 Å². The van der Waals surface area contributed by atoms with E-state index in [1.54, 1.807) is 98.8 Å². The second-order valence-corrected chi connectivity index (χ2v) is 15.3. The van der Waals surface area contributed by atoms with E-state index in [-0.39, 0.29) is 11.6 Å². The average molecular weight is 789 g/mol. The molecular weight excluding hydrogens is 741 g/mol. The minimum Gasteiger partial charge on any atom is -0.476 e. The average Bonchev–Trinajstić information content (AvgIpc) is 3.27. The fourth-order valence-corrected chi connectivity index (χ4v) is 6.37. The van der Waals surface area contributed by atoms with Gasteiger partial charge in [0.15, 0.2) is 11.6 Å². The van der Waals surface area contributed by atoms with Gasteiger partial charge in [-0.3, -0.25) is 9.59 Å². The summed E-state index contributed by atoms with van der Waals surface area (Å²) in [6.45, 7) is 11.3. The first-order valence-electron chi connectivity index (χ1n) is 19.7. The fraction of sp³-hybridized carbons (Fsp3) is 0.216. The molecule has 8 heteroatoms. The van der Waals surface area contributed by atoms with Gasteiger partial charge in [-0.05, 0) is 111 Å². The molecule has 2 atom stereocenters. The minimum atomic E-state index is -1.27. The van der Waals surface area contributed by atoms with Crippen LogP contribution in [0.3, 0.4) is 0 Å². The molecule has 0 spiro atoms. The van der Waals surface area contributed by atoms with E-state index in [2.05, 4.69) is 13.8 Å². The maximum atomic E-state index is 13.4. The molecule has 0 bridgehead atoms. The third kappa shape index (κ3) is 9.67. The van der Waals surface area contributed by atoms with E-state index >= 15 is 0 Å². The summed E-state index contributed by atoms with van der Waals surface area (Å²) in [5, 5.41) is 0. The zero-order valence-corrected chi connectivity index (χ0v) is 34.2. The quantitative estimate of drug-likeness (QED) is 0.0542. The van der Waals surface area contributed by atoms with Crippen molar-refractivity contribution in [2.45, 2.75) is 71.0 Å². The Hall–Kier alpha value is -6.80. The molecule has 2 unspecified atom stereocenters. The van der Waals surface area contributed by atoms with E-state index < -0.39 is 28.6 Å². The van der Waals surface area contributed by atoms with Crippen LogP contribution < -0.4 is 18.9 Å². The fourth-order valence-electron chi connectivity index (χ4n) is 6.37. The Bertz CT molecular complexity index is 2390. The molecule has 0 aliphatic carbocycles. The first-order chi connectivity index (χ1) is 28.2. The number of esters is 2. The highest BCUT2D eigenvalue weighted by Gasteiger charge is 2.38. The zero-order valence-electron chi connectivity index (χ0n) is 34.2. The monoisotopic (exact) mass is 788 g/mol. The predicted molar refractivity (Wildman–Crippen MR) is 228 cm³/mol. The first-order valence-corrected chi connectivity index (χ1v) is 19.7. The van der Waals surface area contributed by atoms with Crippen LogP contribution in [0.2, 0.25) is 0 Å². The van der Waals surface area contributed by atoms with Crippen LogP contribution in [-0.2, 0) is 15.0 Å². The topological polar surface area (TPSA) is 105 Å². The standard InChI is InChI=1S/C51H48O8/c1-7-50(5,58-43-29-21-38(22-30-43)46(53)36-17-13-10-14-18-36)48(55)57-42-31-23-39(24-32-42)49(3,4)40-25-33-44(34-26-40)59-51(6,8-2)47(54)56-41-27-19-37(20-28-41)45(52)35-15-11-9-12-16-35/h9-34H,7-8H2,1-6H3. The van der Waals surface area contributed by atoms with Crippen LogP contribution in [0.1, 0.15) is 97.4 Å². The molecule has 0 heterocycles. The van der Waals surface area contributed by atoms with Crippen molar-refractivity contribution in [1.29, 1.82) is 0 Å². The highest BCUT2D eigenvalue weighted by molar-refractivity contribution is 6.09. The van der Waals surface area contributed by atoms with Crippen LogP contribution >= 0.6 is 0 Å². The van der Waals surface area contributed by atoms with Crippen LogP contribution in [0.5, 0.6) is 23.0 Å². The Morgan fingerprint density at radius 1 is 0.390 bits per heavy atom. The van der Waals surface area contributed by atoms with Gasteiger partial charge < -0.3 is 18.9 Å². The van der Waals surface area contributed by atoms with Crippen LogP contribution in [0.4, 0.5) is 0 Å². The Morgan fingerprint density at radius 3 is 1.02 bits per heavy atom. The number of carbonyl (C=O) groups excluding carboxylic acids is 4. The SMILES string of the molecule is CCC(C)(Oc1ccc(C(=O)c2ccccc2)cc1)C(=O)Oc1ccc(C(C)(C)c2ccc(OC(C)(CC)C(=O)Oc3ccc(C(=O)c4ccccc4)cc3)cc2)cc1. The van der Waals surface area contributed by atoms with Gasteiger partial charge in [-0.2, -0.15) is 0 Å². The van der Waals surface area contributed by atoms with Crippen molar-refractivity contribution in [3.63, 3.8) is 0 Å². The lowest BCUT2D eigenvalue weighted by Crippen LogP contribution is -2.44. The molecule has 0 aliphatic rings. The van der Waals surface area contributed by atoms with Gasteiger partial charge in [0.2, 0.25) is 11.2 Å².